The van der Waals surface area contributed by atoms with Crippen molar-refractivity contribution in [3.8, 4) is 11.1 Å². The molecule has 3 aromatic rings. The maximum atomic E-state index is 13.2. The molecular formula is C25H30N6O2. The number of pyridine rings is 1. The summed E-state index contributed by atoms with van der Waals surface area (Å²) >= 11 is 0. The van der Waals surface area contributed by atoms with Crippen LogP contribution in [0.4, 0.5) is 0 Å². The monoisotopic (exact) mass is 446 g/mol. The number of amides is 1. The highest BCUT2D eigenvalue weighted by molar-refractivity contribution is 5.78. The average Bonchev–Trinajstić information content (AvgIpc) is 3.46. The van der Waals surface area contributed by atoms with Crippen LogP contribution in [0.25, 0.3) is 11.1 Å². The van der Waals surface area contributed by atoms with Gasteiger partial charge in [-0.3, -0.25) is 29.3 Å². The number of nitrogens with zero attached hydrogens (tertiary/aromatic N) is 6. The van der Waals surface area contributed by atoms with E-state index < -0.39 is 0 Å². The molecule has 2 aliphatic rings. The minimum atomic E-state index is -0.131. The summed E-state index contributed by atoms with van der Waals surface area (Å²) in [5.41, 5.74) is 5.30. The van der Waals surface area contributed by atoms with Crippen LogP contribution in [0.3, 0.4) is 0 Å². The topological polar surface area (TPSA) is 86.0 Å². The molecule has 0 N–H and O–H groups in total. The molecule has 33 heavy (non-hydrogen) atoms. The fourth-order valence-electron chi connectivity index (χ4n) is 5.19. The lowest BCUT2D eigenvalue weighted by molar-refractivity contribution is -0.183. The van der Waals surface area contributed by atoms with Crippen molar-refractivity contribution < 1.29 is 9.63 Å². The maximum Gasteiger partial charge on any atom is 0.249 e. The van der Waals surface area contributed by atoms with Crippen LogP contribution in [0.15, 0.2) is 43.2 Å². The molecule has 0 spiro atoms. The van der Waals surface area contributed by atoms with Gasteiger partial charge in [-0.1, -0.05) is 0 Å². The Balaban J connectivity index is 1.19. The normalized spacial score (nSPS) is 23.1. The Morgan fingerprint density at radius 3 is 2.67 bits per heavy atom. The number of hydrogen-bond acceptors (Lipinski definition) is 6. The zero-order chi connectivity index (χ0) is 22.8. The van der Waals surface area contributed by atoms with Crippen molar-refractivity contribution in [3.05, 3.63) is 60.2 Å². The fourth-order valence-corrected chi connectivity index (χ4v) is 5.19. The lowest BCUT2D eigenvalue weighted by Crippen LogP contribution is -2.37. The Kier molecular flexibility index (Phi) is 6.17. The number of carbonyl (C=O) groups is 1. The minimum Gasteiger partial charge on any atom is -0.275 e. The van der Waals surface area contributed by atoms with Gasteiger partial charge in [0.15, 0.2) is 0 Å². The highest BCUT2D eigenvalue weighted by Crippen LogP contribution is 2.36. The van der Waals surface area contributed by atoms with Crippen LogP contribution in [0, 0.1) is 18.8 Å². The molecule has 8 nitrogen and oxygen atoms in total. The van der Waals surface area contributed by atoms with Crippen molar-refractivity contribution >= 4 is 5.91 Å². The molecule has 1 aliphatic heterocycles. The number of hydroxylamine groups is 2. The highest BCUT2D eigenvalue weighted by Gasteiger charge is 2.37. The summed E-state index contributed by atoms with van der Waals surface area (Å²) < 4.78 is 1.84. The van der Waals surface area contributed by atoms with Gasteiger partial charge in [-0.05, 0) is 56.6 Å². The lowest BCUT2D eigenvalue weighted by Gasteiger charge is -2.31. The van der Waals surface area contributed by atoms with Crippen LogP contribution < -0.4 is 0 Å². The second-order valence-corrected chi connectivity index (χ2v) is 9.24. The zero-order valence-corrected chi connectivity index (χ0v) is 19.2. The molecule has 0 unspecified atom stereocenters. The standard InChI is InChI=1S/C25H30N6O2/c1-17-22(16-30(2)29-17)21-12-19(13-27-14-21)11-18-3-5-20(6-4-18)25(32)31-24(7-10-33-31)23-15-26-8-9-28-23/h8-9,12-16,18,20,24H,3-7,10-11H2,1-2H3/t18-,20-,24-/m0/s1. The molecule has 172 valence electrons. The van der Waals surface area contributed by atoms with Crippen molar-refractivity contribution in [2.45, 2.75) is 51.5 Å². The first kappa shape index (κ1) is 21.7. The minimum absolute atomic E-state index is 0.0148. The van der Waals surface area contributed by atoms with Crippen LogP contribution in [0.2, 0.25) is 0 Å². The summed E-state index contributed by atoms with van der Waals surface area (Å²) in [5.74, 6) is 0.676. The summed E-state index contributed by atoms with van der Waals surface area (Å²) in [6, 6.07) is 2.10. The van der Waals surface area contributed by atoms with Crippen molar-refractivity contribution in [1.29, 1.82) is 0 Å². The molecule has 1 aliphatic carbocycles. The molecule has 1 saturated carbocycles. The fraction of sp³-hybridized carbons (Fsp3) is 0.480. The summed E-state index contributed by atoms with van der Waals surface area (Å²) in [6.45, 7) is 2.57. The zero-order valence-electron chi connectivity index (χ0n) is 19.2. The highest BCUT2D eigenvalue weighted by atomic mass is 16.7. The first-order valence-electron chi connectivity index (χ1n) is 11.7. The Hall–Kier alpha value is -3.13. The second kappa shape index (κ2) is 9.39. The maximum absolute atomic E-state index is 13.2. The van der Waals surface area contributed by atoms with Gasteiger partial charge in [0.1, 0.15) is 6.04 Å². The number of rotatable bonds is 5. The van der Waals surface area contributed by atoms with Gasteiger partial charge in [0.25, 0.3) is 0 Å². The van der Waals surface area contributed by atoms with Gasteiger partial charge >= 0.3 is 0 Å². The van der Waals surface area contributed by atoms with E-state index in [0.29, 0.717) is 12.5 Å². The number of aromatic nitrogens is 5. The quantitative estimate of drug-likeness (QED) is 0.592. The third-order valence-electron chi connectivity index (χ3n) is 6.89. The third kappa shape index (κ3) is 4.66. The molecule has 5 rings (SSSR count). The van der Waals surface area contributed by atoms with Gasteiger partial charge in [-0.15, -0.1) is 0 Å². The molecule has 4 heterocycles. The Bertz CT molecular complexity index is 1110. The third-order valence-corrected chi connectivity index (χ3v) is 6.89. The van der Waals surface area contributed by atoms with E-state index >= 15 is 0 Å². The van der Waals surface area contributed by atoms with E-state index in [1.807, 2.05) is 37.2 Å². The number of carbonyl (C=O) groups excluding carboxylic acids is 1. The predicted octanol–water partition coefficient (Wildman–Crippen LogP) is 3.83. The van der Waals surface area contributed by atoms with Gasteiger partial charge in [-0.2, -0.15) is 5.10 Å². The van der Waals surface area contributed by atoms with E-state index in [4.69, 9.17) is 4.84 Å². The molecule has 0 aromatic carbocycles. The van der Waals surface area contributed by atoms with Crippen LogP contribution in [0.5, 0.6) is 0 Å². The second-order valence-electron chi connectivity index (χ2n) is 9.24. The number of hydrogen-bond donors (Lipinski definition) is 0. The van der Waals surface area contributed by atoms with E-state index in [1.54, 1.807) is 23.7 Å². The average molecular weight is 447 g/mol. The molecule has 8 heteroatoms. The summed E-state index contributed by atoms with van der Waals surface area (Å²) in [6.07, 6.45) is 16.6. The van der Waals surface area contributed by atoms with E-state index in [9.17, 15) is 4.79 Å². The van der Waals surface area contributed by atoms with E-state index in [2.05, 4.69) is 26.1 Å². The molecule has 0 bridgehead atoms. The smallest absolute Gasteiger partial charge is 0.249 e. The van der Waals surface area contributed by atoms with Crippen LogP contribution in [0.1, 0.15) is 55.1 Å². The van der Waals surface area contributed by atoms with Crippen molar-refractivity contribution in [2.75, 3.05) is 6.61 Å². The van der Waals surface area contributed by atoms with Crippen molar-refractivity contribution in [2.24, 2.45) is 18.9 Å². The molecule has 1 saturated heterocycles. The van der Waals surface area contributed by atoms with Gasteiger partial charge in [0.05, 0.1) is 24.2 Å². The Labute approximate surface area is 194 Å². The van der Waals surface area contributed by atoms with E-state index in [-0.39, 0.29) is 17.9 Å². The molecular weight excluding hydrogens is 416 g/mol. The predicted molar refractivity (Wildman–Crippen MR) is 123 cm³/mol. The Morgan fingerprint density at radius 1 is 1.09 bits per heavy atom. The van der Waals surface area contributed by atoms with Gasteiger partial charge in [0, 0.05) is 61.5 Å². The number of aryl methyl sites for hydroxylation is 2. The summed E-state index contributed by atoms with van der Waals surface area (Å²) in [7, 11) is 1.94. The van der Waals surface area contributed by atoms with Crippen LogP contribution in [-0.4, -0.2) is 42.3 Å². The molecule has 0 radical (unpaired) electrons. The first-order valence-corrected chi connectivity index (χ1v) is 11.7. The van der Waals surface area contributed by atoms with Crippen molar-refractivity contribution in [1.82, 2.24) is 29.8 Å². The van der Waals surface area contributed by atoms with E-state index in [0.717, 1.165) is 61.0 Å². The lowest BCUT2D eigenvalue weighted by atomic mass is 9.79. The largest absolute Gasteiger partial charge is 0.275 e. The van der Waals surface area contributed by atoms with Gasteiger partial charge < -0.3 is 0 Å². The van der Waals surface area contributed by atoms with E-state index in [1.165, 1.54) is 5.56 Å². The van der Waals surface area contributed by atoms with Gasteiger partial charge in [-0.25, -0.2) is 5.06 Å². The Morgan fingerprint density at radius 2 is 1.94 bits per heavy atom. The molecule has 2 fully saturated rings. The van der Waals surface area contributed by atoms with Crippen LogP contribution in [-0.2, 0) is 23.1 Å². The van der Waals surface area contributed by atoms with Gasteiger partial charge in [0.2, 0.25) is 5.91 Å². The van der Waals surface area contributed by atoms with Crippen LogP contribution >= 0.6 is 0 Å². The molecule has 3 aromatic heterocycles. The molecule has 1 amide bonds. The SMILES string of the molecule is Cc1nn(C)cc1-c1cncc(C[C@H]2CC[C@H](C(=O)N3OCC[C@H]3c3cnccn3)CC2)c1. The summed E-state index contributed by atoms with van der Waals surface area (Å²) in [4.78, 5) is 32.0. The van der Waals surface area contributed by atoms with Crippen molar-refractivity contribution in [3.63, 3.8) is 0 Å². The first-order chi connectivity index (χ1) is 16.1. The summed E-state index contributed by atoms with van der Waals surface area (Å²) in [5, 5.41) is 6.02. The molecule has 1 atom stereocenters.